The van der Waals surface area contributed by atoms with Gasteiger partial charge in [-0.2, -0.15) is 18.3 Å². The largest absolute Gasteiger partial charge is 0.507 e. The third-order valence-corrected chi connectivity index (χ3v) is 2.77. The van der Waals surface area contributed by atoms with Crippen LogP contribution in [0.3, 0.4) is 0 Å². The van der Waals surface area contributed by atoms with Crippen LogP contribution in [0.1, 0.15) is 21.5 Å². The van der Waals surface area contributed by atoms with E-state index in [-0.39, 0.29) is 11.3 Å². The number of para-hydroxylation sites is 1. The Balaban J connectivity index is 2.01. The third kappa shape index (κ3) is 3.85. The van der Waals surface area contributed by atoms with Crippen molar-refractivity contribution in [3.63, 3.8) is 0 Å². The van der Waals surface area contributed by atoms with Crippen molar-refractivity contribution in [3.05, 3.63) is 65.2 Å². The molecule has 0 aliphatic rings. The highest BCUT2D eigenvalue weighted by molar-refractivity contribution is 5.97. The Morgan fingerprint density at radius 2 is 1.73 bits per heavy atom. The molecule has 2 N–H and O–H groups in total. The lowest BCUT2D eigenvalue weighted by Gasteiger charge is -2.05. The molecule has 4 nitrogen and oxygen atoms in total. The standard InChI is InChI=1S/C15H11F3N2O2/c16-15(17,18)11-7-5-10(6-8-11)9-19-20-14(22)12-3-1-2-4-13(12)21/h1-9,21H,(H,20,22)/b19-9+. The van der Waals surface area contributed by atoms with E-state index in [1.165, 1.54) is 30.5 Å². The van der Waals surface area contributed by atoms with E-state index < -0.39 is 17.6 Å². The van der Waals surface area contributed by atoms with Crippen LogP contribution in [0.25, 0.3) is 0 Å². The summed E-state index contributed by atoms with van der Waals surface area (Å²) in [6.45, 7) is 0. The first kappa shape index (κ1) is 15.6. The number of carbonyl (C=O) groups excluding carboxylic acids is 1. The fraction of sp³-hybridized carbons (Fsp3) is 0.0667. The number of carbonyl (C=O) groups is 1. The Morgan fingerprint density at radius 3 is 2.32 bits per heavy atom. The van der Waals surface area contributed by atoms with Gasteiger partial charge in [-0.25, -0.2) is 5.43 Å². The van der Waals surface area contributed by atoms with Crippen molar-refractivity contribution < 1.29 is 23.1 Å². The Labute approximate surface area is 123 Å². The van der Waals surface area contributed by atoms with Gasteiger partial charge in [0, 0.05) is 0 Å². The van der Waals surface area contributed by atoms with Gasteiger partial charge in [-0.05, 0) is 29.8 Å². The topological polar surface area (TPSA) is 61.7 Å². The SMILES string of the molecule is O=C(N/N=C/c1ccc(C(F)(F)F)cc1)c1ccccc1O. The monoisotopic (exact) mass is 308 g/mol. The van der Waals surface area contributed by atoms with Gasteiger partial charge in [0.1, 0.15) is 5.75 Å². The molecule has 0 heterocycles. The van der Waals surface area contributed by atoms with Gasteiger partial charge in [0.05, 0.1) is 17.3 Å². The molecule has 0 unspecified atom stereocenters. The number of hydrazone groups is 1. The molecule has 0 aliphatic heterocycles. The summed E-state index contributed by atoms with van der Waals surface area (Å²) in [7, 11) is 0. The highest BCUT2D eigenvalue weighted by Crippen LogP contribution is 2.28. The number of phenols is 1. The van der Waals surface area contributed by atoms with Gasteiger partial charge >= 0.3 is 6.18 Å². The minimum absolute atomic E-state index is 0.0482. The molecule has 0 bridgehead atoms. The maximum atomic E-state index is 12.4. The van der Waals surface area contributed by atoms with Gasteiger partial charge in [0.25, 0.3) is 5.91 Å². The Bertz CT molecular complexity index is 695. The summed E-state index contributed by atoms with van der Waals surface area (Å²) in [6.07, 6.45) is -3.19. The fourth-order valence-corrected chi connectivity index (χ4v) is 1.65. The zero-order valence-electron chi connectivity index (χ0n) is 11.1. The van der Waals surface area contributed by atoms with Crippen LogP contribution in [0.2, 0.25) is 0 Å². The van der Waals surface area contributed by atoms with Crippen LogP contribution in [0.5, 0.6) is 5.75 Å². The van der Waals surface area contributed by atoms with Crippen LogP contribution in [0, 0.1) is 0 Å². The molecule has 2 aromatic carbocycles. The van der Waals surface area contributed by atoms with Gasteiger partial charge in [-0.3, -0.25) is 4.79 Å². The molecule has 2 aromatic rings. The lowest BCUT2D eigenvalue weighted by atomic mass is 10.1. The summed E-state index contributed by atoms with van der Waals surface area (Å²) in [4.78, 5) is 11.7. The summed E-state index contributed by atoms with van der Waals surface area (Å²) < 4.78 is 37.2. The maximum Gasteiger partial charge on any atom is 0.416 e. The van der Waals surface area contributed by atoms with E-state index in [0.29, 0.717) is 5.56 Å². The smallest absolute Gasteiger partial charge is 0.416 e. The summed E-state index contributed by atoms with van der Waals surface area (Å²) in [5.41, 5.74) is 1.86. The lowest BCUT2D eigenvalue weighted by molar-refractivity contribution is -0.137. The molecule has 1 amide bonds. The predicted octanol–water partition coefficient (Wildman–Crippen LogP) is 3.17. The number of aromatic hydroxyl groups is 1. The number of rotatable bonds is 3. The molecule has 0 aromatic heterocycles. The summed E-state index contributed by atoms with van der Waals surface area (Å²) in [5.74, 6) is -0.814. The van der Waals surface area contributed by atoms with Crippen molar-refractivity contribution in [2.75, 3.05) is 0 Å². The van der Waals surface area contributed by atoms with Gasteiger partial charge in [0.2, 0.25) is 0 Å². The Hall–Kier alpha value is -2.83. The number of benzene rings is 2. The van der Waals surface area contributed by atoms with Crippen LogP contribution in [-0.4, -0.2) is 17.2 Å². The zero-order valence-corrected chi connectivity index (χ0v) is 11.1. The second kappa shape index (κ2) is 6.30. The molecule has 0 fully saturated rings. The molecular weight excluding hydrogens is 297 g/mol. The lowest BCUT2D eigenvalue weighted by Crippen LogP contribution is -2.17. The van der Waals surface area contributed by atoms with E-state index in [4.69, 9.17) is 0 Å². The highest BCUT2D eigenvalue weighted by atomic mass is 19.4. The molecule has 0 saturated carbocycles. The first-order valence-corrected chi connectivity index (χ1v) is 6.16. The quantitative estimate of drug-likeness (QED) is 0.676. The first-order valence-electron chi connectivity index (χ1n) is 6.16. The molecular formula is C15H11F3N2O2. The maximum absolute atomic E-state index is 12.4. The van der Waals surface area contributed by atoms with E-state index in [1.807, 2.05) is 0 Å². The molecule has 0 spiro atoms. The number of amides is 1. The van der Waals surface area contributed by atoms with Crippen LogP contribution < -0.4 is 5.43 Å². The van der Waals surface area contributed by atoms with Crippen molar-refractivity contribution in [2.45, 2.75) is 6.18 Å². The van der Waals surface area contributed by atoms with E-state index >= 15 is 0 Å². The van der Waals surface area contributed by atoms with Gasteiger partial charge < -0.3 is 5.11 Å². The average molecular weight is 308 g/mol. The molecule has 2 rings (SSSR count). The molecule has 7 heteroatoms. The number of phenolic OH excluding ortho intramolecular Hbond substituents is 1. The second-order valence-electron chi connectivity index (χ2n) is 4.34. The fourth-order valence-electron chi connectivity index (χ4n) is 1.65. The van der Waals surface area contributed by atoms with Gasteiger partial charge in [-0.15, -0.1) is 0 Å². The minimum Gasteiger partial charge on any atom is -0.507 e. The highest BCUT2D eigenvalue weighted by Gasteiger charge is 2.29. The van der Waals surface area contributed by atoms with Crippen LogP contribution in [0.15, 0.2) is 53.6 Å². The van der Waals surface area contributed by atoms with Crippen molar-refractivity contribution in [2.24, 2.45) is 5.10 Å². The predicted molar refractivity (Wildman–Crippen MR) is 74.6 cm³/mol. The van der Waals surface area contributed by atoms with Crippen molar-refractivity contribution in [1.29, 1.82) is 0 Å². The summed E-state index contributed by atoms with van der Waals surface area (Å²) >= 11 is 0. The van der Waals surface area contributed by atoms with Gasteiger partial charge in [-0.1, -0.05) is 24.3 Å². The number of alkyl halides is 3. The van der Waals surface area contributed by atoms with E-state index in [1.54, 1.807) is 12.1 Å². The summed E-state index contributed by atoms with van der Waals surface area (Å²) in [6, 6.07) is 10.2. The molecule has 0 radical (unpaired) electrons. The number of nitrogens with zero attached hydrogens (tertiary/aromatic N) is 1. The van der Waals surface area contributed by atoms with Crippen molar-refractivity contribution in [1.82, 2.24) is 5.43 Å². The summed E-state index contributed by atoms with van der Waals surface area (Å²) in [5, 5.41) is 13.1. The first-order chi connectivity index (χ1) is 10.4. The van der Waals surface area contributed by atoms with E-state index in [9.17, 15) is 23.1 Å². The molecule has 0 aliphatic carbocycles. The Kier molecular flexibility index (Phi) is 4.45. The molecule has 0 atom stereocenters. The van der Waals surface area contributed by atoms with E-state index in [0.717, 1.165) is 12.1 Å². The Morgan fingerprint density at radius 1 is 1.09 bits per heavy atom. The molecule has 22 heavy (non-hydrogen) atoms. The second-order valence-corrected chi connectivity index (χ2v) is 4.34. The molecule has 0 saturated heterocycles. The molecule has 114 valence electrons. The van der Waals surface area contributed by atoms with Crippen molar-refractivity contribution >= 4 is 12.1 Å². The average Bonchev–Trinajstić information content (AvgIpc) is 2.47. The number of nitrogens with one attached hydrogen (secondary N) is 1. The van der Waals surface area contributed by atoms with Crippen molar-refractivity contribution in [3.8, 4) is 5.75 Å². The van der Waals surface area contributed by atoms with Crippen LogP contribution in [-0.2, 0) is 6.18 Å². The van der Waals surface area contributed by atoms with Gasteiger partial charge in [0.15, 0.2) is 0 Å². The van der Waals surface area contributed by atoms with E-state index in [2.05, 4.69) is 10.5 Å². The zero-order chi connectivity index (χ0) is 16.2. The van der Waals surface area contributed by atoms with Crippen LogP contribution >= 0.6 is 0 Å². The number of halogens is 3. The number of hydrogen-bond acceptors (Lipinski definition) is 3. The number of hydrogen-bond donors (Lipinski definition) is 2. The third-order valence-electron chi connectivity index (χ3n) is 2.77. The minimum atomic E-state index is -4.39. The van der Waals surface area contributed by atoms with Crippen LogP contribution in [0.4, 0.5) is 13.2 Å². The normalized spacial score (nSPS) is 11.6.